The number of aromatic nitrogens is 6. The SMILES string of the molecule is c1cncc(-c2cn([C@@H]3C[C@@H]4CN(c5nncs5)C[C@@H]4C[C@H]3OCC3CC3)nn2)c1. The molecule has 2 saturated carbocycles. The van der Waals surface area contributed by atoms with E-state index in [1.54, 1.807) is 17.5 Å². The summed E-state index contributed by atoms with van der Waals surface area (Å²) in [6.45, 7) is 2.97. The van der Waals surface area contributed by atoms with Gasteiger partial charge in [0.05, 0.1) is 18.3 Å². The molecule has 3 aliphatic rings. The lowest BCUT2D eigenvalue weighted by molar-refractivity contribution is -0.0375. The van der Waals surface area contributed by atoms with Crippen LogP contribution >= 0.6 is 11.3 Å². The average Bonchev–Trinajstić information content (AvgIpc) is 3.19. The Morgan fingerprint density at radius 1 is 1.13 bits per heavy atom. The Hall–Kier alpha value is -2.39. The summed E-state index contributed by atoms with van der Waals surface area (Å²) in [5.74, 6) is 2.01. The molecule has 2 aliphatic carbocycles. The van der Waals surface area contributed by atoms with Gasteiger partial charge in [0.1, 0.15) is 11.2 Å². The number of anilines is 1. The Morgan fingerprint density at radius 3 is 2.80 bits per heavy atom. The predicted molar refractivity (Wildman–Crippen MR) is 113 cm³/mol. The van der Waals surface area contributed by atoms with Crippen molar-refractivity contribution in [3.05, 3.63) is 36.2 Å². The van der Waals surface area contributed by atoms with E-state index >= 15 is 0 Å². The molecule has 3 aromatic rings. The molecule has 1 saturated heterocycles. The molecular formula is C21H25N7OS. The molecule has 0 radical (unpaired) electrons. The van der Waals surface area contributed by atoms with Crippen molar-refractivity contribution in [2.24, 2.45) is 17.8 Å². The largest absolute Gasteiger partial charge is 0.376 e. The Balaban J connectivity index is 1.24. The zero-order valence-corrected chi connectivity index (χ0v) is 17.6. The summed E-state index contributed by atoms with van der Waals surface area (Å²) in [6, 6.07) is 4.18. The van der Waals surface area contributed by atoms with Gasteiger partial charge < -0.3 is 9.64 Å². The highest BCUT2D eigenvalue weighted by Gasteiger charge is 2.44. The second-order valence-corrected chi connectivity index (χ2v) is 9.64. The van der Waals surface area contributed by atoms with Crippen molar-refractivity contribution < 1.29 is 4.74 Å². The van der Waals surface area contributed by atoms with Crippen molar-refractivity contribution in [1.82, 2.24) is 30.2 Å². The number of nitrogens with zero attached hydrogens (tertiary/aromatic N) is 7. The minimum Gasteiger partial charge on any atom is -0.376 e. The van der Waals surface area contributed by atoms with E-state index in [0.717, 1.165) is 54.8 Å². The second-order valence-electron chi connectivity index (χ2n) is 8.83. The maximum Gasteiger partial charge on any atom is 0.208 e. The Kier molecular flexibility index (Phi) is 4.72. The maximum atomic E-state index is 6.48. The van der Waals surface area contributed by atoms with Gasteiger partial charge in [-0.3, -0.25) is 4.98 Å². The highest BCUT2D eigenvalue weighted by Crippen LogP contribution is 2.44. The highest BCUT2D eigenvalue weighted by molar-refractivity contribution is 7.13. The Bertz CT molecular complexity index is 974. The first-order valence-electron chi connectivity index (χ1n) is 10.8. The Labute approximate surface area is 179 Å². The maximum absolute atomic E-state index is 6.48. The van der Waals surface area contributed by atoms with Crippen LogP contribution in [0.4, 0.5) is 5.13 Å². The number of hydrogen-bond donors (Lipinski definition) is 0. The number of rotatable bonds is 6. The van der Waals surface area contributed by atoms with Gasteiger partial charge in [-0.15, -0.1) is 15.3 Å². The minimum absolute atomic E-state index is 0.185. The summed E-state index contributed by atoms with van der Waals surface area (Å²) < 4.78 is 8.52. The molecule has 0 unspecified atom stereocenters. The van der Waals surface area contributed by atoms with Crippen LogP contribution in [0, 0.1) is 17.8 Å². The molecule has 0 bridgehead atoms. The molecule has 8 nitrogen and oxygen atoms in total. The molecular weight excluding hydrogens is 398 g/mol. The molecule has 3 fully saturated rings. The zero-order valence-electron chi connectivity index (χ0n) is 16.7. The lowest BCUT2D eigenvalue weighted by Crippen LogP contribution is -2.38. The monoisotopic (exact) mass is 423 g/mol. The van der Waals surface area contributed by atoms with Crippen LogP contribution in [0.5, 0.6) is 0 Å². The van der Waals surface area contributed by atoms with Crippen LogP contribution in [-0.2, 0) is 4.74 Å². The fourth-order valence-electron chi connectivity index (χ4n) is 4.94. The van der Waals surface area contributed by atoms with Crippen LogP contribution in [0.2, 0.25) is 0 Å². The van der Waals surface area contributed by atoms with Gasteiger partial charge in [-0.05, 0) is 55.6 Å². The van der Waals surface area contributed by atoms with Gasteiger partial charge in [0.2, 0.25) is 5.13 Å². The van der Waals surface area contributed by atoms with Gasteiger partial charge in [0.25, 0.3) is 0 Å². The van der Waals surface area contributed by atoms with Crippen LogP contribution < -0.4 is 4.90 Å². The molecule has 0 N–H and O–H groups in total. The van der Waals surface area contributed by atoms with E-state index in [1.807, 2.05) is 28.5 Å². The number of hydrogen-bond acceptors (Lipinski definition) is 8. The summed E-state index contributed by atoms with van der Waals surface area (Å²) in [7, 11) is 0. The van der Waals surface area contributed by atoms with Gasteiger partial charge in [0.15, 0.2) is 0 Å². The van der Waals surface area contributed by atoms with E-state index in [2.05, 4.69) is 36.6 Å². The average molecular weight is 424 g/mol. The van der Waals surface area contributed by atoms with Gasteiger partial charge in [-0.2, -0.15) is 0 Å². The molecule has 4 atom stereocenters. The van der Waals surface area contributed by atoms with E-state index in [4.69, 9.17) is 4.74 Å². The van der Waals surface area contributed by atoms with Crippen molar-refractivity contribution in [1.29, 1.82) is 0 Å². The quantitative estimate of drug-likeness (QED) is 0.603. The van der Waals surface area contributed by atoms with Crippen molar-refractivity contribution >= 4 is 16.5 Å². The molecule has 1 aliphatic heterocycles. The third-order valence-electron chi connectivity index (χ3n) is 6.75. The molecule has 6 rings (SSSR count). The van der Waals surface area contributed by atoms with Crippen molar-refractivity contribution in [2.75, 3.05) is 24.6 Å². The number of ether oxygens (including phenoxy) is 1. The molecule has 0 aromatic carbocycles. The first kappa shape index (κ1) is 18.4. The van der Waals surface area contributed by atoms with E-state index in [1.165, 1.54) is 12.8 Å². The van der Waals surface area contributed by atoms with Crippen LogP contribution in [0.1, 0.15) is 31.7 Å². The summed E-state index contributed by atoms with van der Waals surface area (Å²) in [5, 5.41) is 18.3. The third-order valence-corrected chi connectivity index (χ3v) is 7.50. The predicted octanol–water partition coefficient (Wildman–Crippen LogP) is 3.07. The lowest BCUT2D eigenvalue weighted by Gasteiger charge is -2.37. The molecule has 9 heteroatoms. The minimum atomic E-state index is 0.185. The summed E-state index contributed by atoms with van der Waals surface area (Å²) in [6.07, 6.45) is 10.6. The summed E-state index contributed by atoms with van der Waals surface area (Å²) >= 11 is 1.63. The van der Waals surface area contributed by atoms with Crippen LogP contribution in [0.25, 0.3) is 11.3 Å². The smallest absolute Gasteiger partial charge is 0.208 e. The van der Waals surface area contributed by atoms with Crippen molar-refractivity contribution in [2.45, 2.75) is 37.8 Å². The molecule has 30 heavy (non-hydrogen) atoms. The summed E-state index contributed by atoms with van der Waals surface area (Å²) in [5.41, 5.74) is 3.68. The normalized spacial score (nSPS) is 28.6. The highest BCUT2D eigenvalue weighted by atomic mass is 32.1. The molecule has 4 heterocycles. The van der Waals surface area contributed by atoms with Crippen molar-refractivity contribution in [3.8, 4) is 11.3 Å². The van der Waals surface area contributed by atoms with Gasteiger partial charge in [0, 0.05) is 37.7 Å². The fraction of sp³-hybridized carbons (Fsp3) is 0.571. The van der Waals surface area contributed by atoms with E-state index in [-0.39, 0.29) is 12.1 Å². The second kappa shape index (κ2) is 7.70. The number of fused-ring (bicyclic) bond motifs is 1. The van der Waals surface area contributed by atoms with Crippen molar-refractivity contribution in [3.63, 3.8) is 0 Å². The van der Waals surface area contributed by atoms with E-state index in [9.17, 15) is 0 Å². The van der Waals surface area contributed by atoms with Crippen LogP contribution in [0.3, 0.4) is 0 Å². The molecule has 0 amide bonds. The number of pyridine rings is 1. The van der Waals surface area contributed by atoms with E-state index in [0.29, 0.717) is 11.8 Å². The van der Waals surface area contributed by atoms with Gasteiger partial charge in [-0.25, -0.2) is 4.68 Å². The molecule has 156 valence electrons. The standard InChI is InChI=1S/C21H25N7OS/c1-2-15(8-22-5-1)18-11-28(26-24-18)19-6-16-9-27(21-25-23-13-30-21)10-17(16)7-20(19)29-12-14-3-4-14/h1-2,5,8,11,13-14,16-17,19-20H,3-4,6-7,9-10,12H2/t16-,17+,19-,20-/m1/s1. The Morgan fingerprint density at radius 2 is 2.03 bits per heavy atom. The molecule has 0 spiro atoms. The first-order chi connectivity index (χ1) is 14.8. The molecule has 3 aromatic heterocycles. The first-order valence-corrected chi connectivity index (χ1v) is 11.7. The zero-order chi connectivity index (χ0) is 19.9. The van der Waals surface area contributed by atoms with Crippen LogP contribution in [0.15, 0.2) is 36.2 Å². The van der Waals surface area contributed by atoms with E-state index < -0.39 is 0 Å². The van der Waals surface area contributed by atoms with Gasteiger partial charge >= 0.3 is 0 Å². The lowest BCUT2D eigenvalue weighted by atomic mass is 9.77. The fourth-order valence-corrected chi connectivity index (χ4v) is 5.52. The summed E-state index contributed by atoms with van der Waals surface area (Å²) in [4.78, 5) is 6.61. The van der Waals surface area contributed by atoms with Gasteiger partial charge in [-0.1, -0.05) is 16.6 Å². The topological polar surface area (TPSA) is 81.9 Å². The third kappa shape index (κ3) is 3.60. The van der Waals surface area contributed by atoms with Crippen LogP contribution in [-0.4, -0.2) is 56.0 Å².